The molecule has 0 bridgehead atoms. The van der Waals surface area contributed by atoms with E-state index in [0.717, 1.165) is 24.2 Å². The van der Waals surface area contributed by atoms with Gasteiger partial charge in [0.25, 0.3) is 0 Å². The number of methoxy groups -OCH3 is 1. The zero-order valence-electron chi connectivity index (χ0n) is 18.6. The Morgan fingerprint density at radius 2 is 1.91 bits per heavy atom. The number of rotatable bonds is 8. The molecule has 7 nitrogen and oxygen atoms in total. The minimum atomic E-state index is -0.454. The topological polar surface area (TPSA) is 77.1 Å². The molecule has 1 fully saturated rings. The predicted molar refractivity (Wildman–Crippen MR) is 120 cm³/mol. The maximum Gasteiger partial charge on any atom is 0.226 e. The van der Waals surface area contributed by atoms with Crippen molar-refractivity contribution in [3.05, 3.63) is 54.1 Å². The number of carbonyl (C=O) groups excluding carboxylic acids is 2. The molecule has 7 heteroatoms. The summed E-state index contributed by atoms with van der Waals surface area (Å²) in [6, 6.07) is 14.8. The van der Waals surface area contributed by atoms with Gasteiger partial charge in [0.05, 0.1) is 25.6 Å². The van der Waals surface area contributed by atoms with E-state index in [4.69, 9.17) is 14.2 Å². The number of nitrogens with zero attached hydrogens (tertiary/aromatic N) is 1. The molecular formula is C25H30N2O5. The minimum absolute atomic E-state index is 0.0191. The average Bonchev–Trinajstić information content (AvgIpc) is 3.17. The summed E-state index contributed by atoms with van der Waals surface area (Å²) in [5, 5.41) is 3.00. The number of fused-ring (bicyclic) bond motifs is 1. The molecule has 0 spiro atoms. The van der Waals surface area contributed by atoms with Gasteiger partial charge in [-0.2, -0.15) is 0 Å². The van der Waals surface area contributed by atoms with E-state index in [9.17, 15) is 9.59 Å². The summed E-state index contributed by atoms with van der Waals surface area (Å²) in [7, 11) is 1.62. The van der Waals surface area contributed by atoms with E-state index in [-0.39, 0.29) is 30.4 Å². The van der Waals surface area contributed by atoms with Crippen LogP contribution in [0, 0.1) is 5.92 Å². The van der Waals surface area contributed by atoms with Crippen molar-refractivity contribution in [3.63, 3.8) is 0 Å². The molecule has 4 rings (SSSR count). The van der Waals surface area contributed by atoms with Crippen molar-refractivity contribution < 1.29 is 23.8 Å². The summed E-state index contributed by atoms with van der Waals surface area (Å²) < 4.78 is 16.9. The molecular weight excluding hydrogens is 408 g/mol. The van der Waals surface area contributed by atoms with Crippen molar-refractivity contribution in [1.29, 1.82) is 0 Å². The van der Waals surface area contributed by atoms with Crippen molar-refractivity contribution in [2.24, 2.45) is 5.92 Å². The van der Waals surface area contributed by atoms with Gasteiger partial charge >= 0.3 is 0 Å². The van der Waals surface area contributed by atoms with E-state index in [1.165, 1.54) is 0 Å². The van der Waals surface area contributed by atoms with Crippen LogP contribution >= 0.6 is 0 Å². The first-order valence-electron chi connectivity index (χ1n) is 11.2. The minimum Gasteiger partial charge on any atom is -0.497 e. The third-order valence-electron chi connectivity index (χ3n) is 6.05. The van der Waals surface area contributed by atoms with Crippen LogP contribution in [0.1, 0.15) is 37.8 Å². The molecule has 2 aromatic carbocycles. The van der Waals surface area contributed by atoms with Crippen LogP contribution < -0.4 is 19.5 Å². The van der Waals surface area contributed by atoms with Gasteiger partial charge in [-0.3, -0.25) is 9.59 Å². The van der Waals surface area contributed by atoms with Crippen LogP contribution in [0.25, 0.3) is 0 Å². The number of unbranched alkanes of at least 4 members (excludes halogenated alkanes) is 1. The summed E-state index contributed by atoms with van der Waals surface area (Å²) in [6.07, 6.45) is 1.81. The molecule has 1 N–H and O–H groups in total. The van der Waals surface area contributed by atoms with Gasteiger partial charge in [-0.1, -0.05) is 37.6 Å². The summed E-state index contributed by atoms with van der Waals surface area (Å²) >= 11 is 0. The molecule has 2 aliphatic rings. The van der Waals surface area contributed by atoms with Crippen LogP contribution in [-0.4, -0.2) is 49.6 Å². The van der Waals surface area contributed by atoms with Gasteiger partial charge < -0.3 is 24.4 Å². The molecule has 2 aliphatic heterocycles. The summed E-state index contributed by atoms with van der Waals surface area (Å²) in [6.45, 7) is 3.43. The second-order valence-electron chi connectivity index (χ2n) is 8.21. The number of nitrogens with one attached hydrogen (secondary N) is 1. The molecule has 0 saturated carbocycles. The maximum atomic E-state index is 13.2. The van der Waals surface area contributed by atoms with Crippen LogP contribution in [0.4, 0.5) is 0 Å². The lowest BCUT2D eigenvalue weighted by atomic mass is 9.92. The fraction of sp³-hybridized carbons (Fsp3) is 0.440. The Bertz CT molecular complexity index is 946. The molecule has 2 aromatic rings. The first-order valence-corrected chi connectivity index (χ1v) is 11.2. The quantitative estimate of drug-likeness (QED) is 0.684. The number of para-hydroxylation sites is 2. The predicted octanol–water partition coefficient (Wildman–Crippen LogP) is 3.34. The molecule has 0 aromatic heterocycles. The molecule has 1 saturated heterocycles. The van der Waals surface area contributed by atoms with Gasteiger partial charge in [0, 0.05) is 13.0 Å². The smallest absolute Gasteiger partial charge is 0.226 e. The molecule has 2 amide bonds. The molecule has 0 radical (unpaired) electrons. The van der Waals surface area contributed by atoms with Gasteiger partial charge in [0.15, 0.2) is 11.5 Å². The Morgan fingerprint density at radius 3 is 2.62 bits per heavy atom. The number of amides is 2. The summed E-state index contributed by atoms with van der Waals surface area (Å²) in [5.41, 5.74) is 0.944. The van der Waals surface area contributed by atoms with Gasteiger partial charge in [-0.15, -0.1) is 0 Å². The van der Waals surface area contributed by atoms with E-state index in [2.05, 4.69) is 12.2 Å². The largest absolute Gasteiger partial charge is 0.497 e. The third kappa shape index (κ3) is 4.66. The highest BCUT2D eigenvalue weighted by atomic mass is 16.6. The summed E-state index contributed by atoms with van der Waals surface area (Å²) in [5.74, 6) is 1.56. The molecule has 2 heterocycles. The first kappa shape index (κ1) is 22.0. The number of benzene rings is 2. The fourth-order valence-electron chi connectivity index (χ4n) is 4.34. The zero-order chi connectivity index (χ0) is 22.5. The molecule has 3 atom stereocenters. The second-order valence-corrected chi connectivity index (χ2v) is 8.21. The second kappa shape index (κ2) is 9.94. The standard InChI is InChI=1S/C25H30N2O5/c1-3-4-13-27-23(28)14-20(24(27)17-9-11-18(30-2)12-10-17)25(29)26-15-19-16-31-21-7-5-6-8-22(21)32-19/h5-12,19-20,24H,3-4,13-16H2,1-2H3,(H,26,29). The number of hydrogen-bond acceptors (Lipinski definition) is 5. The highest BCUT2D eigenvalue weighted by Crippen LogP contribution is 2.39. The highest BCUT2D eigenvalue weighted by molar-refractivity contribution is 5.90. The van der Waals surface area contributed by atoms with Gasteiger partial charge in [0.2, 0.25) is 11.8 Å². The van der Waals surface area contributed by atoms with Crippen molar-refractivity contribution in [1.82, 2.24) is 10.2 Å². The monoisotopic (exact) mass is 438 g/mol. The van der Waals surface area contributed by atoms with Crippen LogP contribution in [0.15, 0.2) is 48.5 Å². The fourth-order valence-corrected chi connectivity index (χ4v) is 4.34. The number of carbonyl (C=O) groups is 2. The van der Waals surface area contributed by atoms with Crippen LogP contribution in [-0.2, 0) is 9.59 Å². The Hall–Kier alpha value is -3.22. The van der Waals surface area contributed by atoms with Crippen LogP contribution in [0.5, 0.6) is 17.2 Å². The van der Waals surface area contributed by atoms with Crippen molar-refractivity contribution >= 4 is 11.8 Å². The van der Waals surface area contributed by atoms with E-state index in [1.807, 2.05) is 53.4 Å². The van der Waals surface area contributed by atoms with E-state index < -0.39 is 5.92 Å². The normalized spacial score (nSPS) is 22.0. The molecule has 3 unspecified atom stereocenters. The zero-order valence-corrected chi connectivity index (χ0v) is 18.6. The number of hydrogen-bond donors (Lipinski definition) is 1. The lowest BCUT2D eigenvalue weighted by molar-refractivity contribution is -0.129. The Kier molecular flexibility index (Phi) is 6.83. The lowest BCUT2D eigenvalue weighted by Crippen LogP contribution is -2.43. The van der Waals surface area contributed by atoms with Crippen molar-refractivity contribution in [2.45, 2.75) is 38.3 Å². The maximum absolute atomic E-state index is 13.2. The van der Waals surface area contributed by atoms with Gasteiger partial charge in [0.1, 0.15) is 18.5 Å². The summed E-state index contributed by atoms with van der Waals surface area (Å²) in [4.78, 5) is 27.9. The van der Waals surface area contributed by atoms with E-state index >= 15 is 0 Å². The molecule has 0 aliphatic carbocycles. The SMILES string of the molecule is CCCCN1C(=O)CC(C(=O)NCC2COc3ccccc3O2)C1c1ccc(OC)cc1. The van der Waals surface area contributed by atoms with E-state index in [0.29, 0.717) is 31.2 Å². The van der Waals surface area contributed by atoms with Gasteiger partial charge in [-0.05, 0) is 36.2 Å². The average molecular weight is 439 g/mol. The third-order valence-corrected chi connectivity index (χ3v) is 6.05. The molecule has 32 heavy (non-hydrogen) atoms. The molecule has 170 valence electrons. The van der Waals surface area contributed by atoms with Crippen LogP contribution in [0.3, 0.4) is 0 Å². The first-order chi connectivity index (χ1) is 15.6. The Labute approximate surface area is 188 Å². The Morgan fingerprint density at radius 1 is 1.16 bits per heavy atom. The van der Waals surface area contributed by atoms with Crippen molar-refractivity contribution in [3.8, 4) is 17.2 Å². The number of ether oxygens (including phenoxy) is 3. The van der Waals surface area contributed by atoms with E-state index in [1.54, 1.807) is 7.11 Å². The number of likely N-dealkylation sites (tertiary alicyclic amines) is 1. The lowest BCUT2D eigenvalue weighted by Gasteiger charge is -2.29. The van der Waals surface area contributed by atoms with Gasteiger partial charge in [-0.25, -0.2) is 0 Å². The Balaban J connectivity index is 1.46. The van der Waals surface area contributed by atoms with Crippen molar-refractivity contribution in [2.75, 3.05) is 26.8 Å². The highest BCUT2D eigenvalue weighted by Gasteiger charge is 2.44. The van der Waals surface area contributed by atoms with Crippen LogP contribution in [0.2, 0.25) is 0 Å².